The molecule has 0 spiro atoms. The number of hydrogen-bond donors (Lipinski definition) is 6. The summed E-state index contributed by atoms with van der Waals surface area (Å²) in [6, 6.07) is 16.9. The number of nitrogens with zero attached hydrogens (tertiary/aromatic N) is 1. The molecule has 7 N–H and O–H groups in total. The normalized spacial score (nSPS) is 11.4. The van der Waals surface area contributed by atoms with Crippen LogP contribution in [0.5, 0.6) is 0 Å². The number of aromatic nitrogens is 1. The number of nitrogens with one attached hydrogen (secondary N) is 4. The zero-order valence-electron chi connectivity index (χ0n) is 18.3. The quantitative estimate of drug-likeness (QED) is 0.194. The van der Waals surface area contributed by atoms with Crippen molar-refractivity contribution < 1.29 is 19.6 Å². The van der Waals surface area contributed by atoms with Crippen molar-refractivity contribution in [2.75, 3.05) is 18.4 Å². The van der Waals surface area contributed by atoms with E-state index in [0.717, 1.165) is 16.7 Å². The summed E-state index contributed by atoms with van der Waals surface area (Å²) in [6.45, 7) is 0.600. The van der Waals surface area contributed by atoms with E-state index in [1.54, 1.807) is 48.8 Å². The van der Waals surface area contributed by atoms with Crippen molar-refractivity contribution >= 4 is 23.4 Å². The Balaban J connectivity index is 1.52. The SMILES string of the molecule is NC[C@H](NC(=O)c1ccc(-c2ccc(NC(=O)CNCc3ccncc3)cc2)cc1)C(=O)NO. The van der Waals surface area contributed by atoms with Gasteiger partial charge in [0.15, 0.2) is 0 Å². The van der Waals surface area contributed by atoms with Gasteiger partial charge in [-0.15, -0.1) is 0 Å². The van der Waals surface area contributed by atoms with Crippen LogP contribution in [0.3, 0.4) is 0 Å². The minimum absolute atomic E-state index is 0.150. The number of nitrogens with two attached hydrogens (primary N) is 1. The van der Waals surface area contributed by atoms with Gasteiger partial charge in [-0.25, -0.2) is 5.48 Å². The molecule has 0 saturated heterocycles. The van der Waals surface area contributed by atoms with Crippen molar-refractivity contribution in [3.63, 3.8) is 0 Å². The van der Waals surface area contributed by atoms with Crippen LogP contribution in [0.25, 0.3) is 11.1 Å². The fraction of sp³-hybridized carbons (Fsp3) is 0.167. The standard InChI is InChI=1S/C24H26N6O4/c25-13-21(24(33)30-34)29-23(32)19-3-1-17(2-4-19)18-5-7-20(8-6-18)28-22(31)15-27-14-16-9-11-26-12-10-16/h1-12,21,27,34H,13-15,25H2,(H,28,31)(H,29,32)(H,30,33)/t21-/m0/s1. The van der Waals surface area contributed by atoms with Crippen LogP contribution in [0.2, 0.25) is 0 Å². The first-order valence-electron chi connectivity index (χ1n) is 10.5. The molecule has 0 radical (unpaired) electrons. The Bertz CT molecular complexity index is 1100. The third kappa shape index (κ3) is 6.94. The van der Waals surface area contributed by atoms with Gasteiger partial charge in [0.05, 0.1) is 6.54 Å². The zero-order valence-corrected chi connectivity index (χ0v) is 18.3. The highest BCUT2D eigenvalue weighted by Gasteiger charge is 2.19. The van der Waals surface area contributed by atoms with E-state index in [2.05, 4.69) is 20.9 Å². The van der Waals surface area contributed by atoms with Crippen LogP contribution < -0.4 is 27.2 Å². The molecule has 0 bridgehead atoms. The second-order valence-corrected chi connectivity index (χ2v) is 7.40. The molecule has 1 heterocycles. The average Bonchev–Trinajstić information content (AvgIpc) is 2.88. The lowest BCUT2D eigenvalue weighted by Crippen LogP contribution is -2.50. The predicted molar refractivity (Wildman–Crippen MR) is 127 cm³/mol. The highest BCUT2D eigenvalue weighted by atomic mass is 16.5. The van der Waals surface area contributed by atoms with Crippen molar-refractivity contribution in [2.24, 2.45) is 5.73 Å². The summed E-state index contributed by atoms with van der Waals surface area (Å²) in [5.41, 5.74) is 10.8. The Morgan fingerprint density at radius 2 is 1.53 bits per heavy atom. The van der Waals surface area contributed by atoms with E-state index >= 15 is 0 Å². The summed E-state index contributed by atoms with van der Waals surface area (Å²) in [5, 5.41) is 17.1. The van der Waals surface area contributed by atoms with Gasteiger partial charge >= 0.3 is 0 Å². The van der Waals surface area contributed by atoms with Gasteiger partial charge in [0.2, 0.25) is 5.91 Å². The van der Waals surface area contributed by atoms with E-state index < -0.39 is 17.9 Å². The largest absolute Gasteiger partial charge is 0.339 e. The van der Waals surface area contributed by atoms with Gasteiger partial charge < -0.3 is 21.7 Å². The van der Waals surface area contributed by atoms with E-state index in [0.29, 0.717) is 17.8 Å². The molecule has 0 unspecified atom stereocenters. The van der Waals surface area contributed by atoms with E-state index in [1.807, 2.05) is 24.3 Å². The smallest absolute Gasteiger partial charge is 0.267 e. The highest BCUT2D eigenvalue weighted by Crippen LogP contribution is 2.22. The maximum atomic E-state index is 12.3. The molecule has 3 aromatic rings. The summed E-state index contributed by atoms with van der Waals surface area (Å²) in [5.74, 6) is -1.42. The summed E-state index contributed by atoms with van der Waals surface area (Å²) in [6.07, 6.45) is 3.41. The van der Waals surface area contributed by atoms with E-state index in [-0.39, 0.29) is 19.0 Å². The van der Waals surface area contributed by atoms with Gasteiger partial charge in [-0.2, -0.15) is 0 Å². The fourth-order valence-electron chi connectivity index (χ4n) is 3.14. The molecule has 1 atom stereocenters. The van der Waals surface area contributed by atoms with Crippen LogP contribution >= 0.6 is 0 Å². The number of carbonyl (C=O) groups is 3. The lowest BCUT2D eigenvalue weighted by molar-refractivity contribution is -0.130. The summed E-state index contributed by atoms with van der Waals surface area (Å²) >= 11 is 0. The number of hydroxylamine groups is 1. The molecule has 0 aliphatic rings. The minimum Gasteiger partial charge on any atom is -0.339 e. The molecule has 0 aliphatic heterocycles. The third-order valence-electron chi connectivity index (χ3n) is 4.98. The molecule has 0 fully saturated rings. The highest BCUT2D eigenvalue weighted by molar-refractivity contribution is 5.98. The van der Waals surface area contributed by atoms with Gasteiger partial charge in [0, 0.05) is 36.7 Å². The predicted octanol–water partition coefficient (Wildman–Crippen LogP) is 1.04. The van der Waals surface area contributed by atoms with Crippen LogP contribution in [0.1, 0.15) is 15.9 Å². The van der Waals surface area contributed by atoms with Crippen molar-refractivity contribution in [1.29, 1.82) is 0 Å². The molecule has 2 aromatic carbocycles. The number of carbonyl (C=O) groups excluding carboxylic acids is 3. The average molecular weight is 463 g/mol. The topological polar surface area (TPSA) is 158 Å². The van der Waals surface area contributed by atoms with Crippen LogP contribution in [0.4, 0.5) is 5.69 Å². The number of benzene rings is 2. The Hall–Kier alpha value is -4.12. The maximum Gasteiger partial charge on any atom is 0.267 e. The molecule has 1 aromatic heterocycles. The first-order valence-corrected chi connectivity index (χ1v) is 10.5. The minimum atomic E-state index is -1.04. The molecule has 0 saturated carbocycles. The van der Waals surface area contributed by atoms with Gasteiger partial charge in [-0.05, 0) is 53.1 Å². The van der Waals surface area contributed by atoms with Crippen molar-refractivity contribution in [3.8, 4) is 11.1 Å². The monoisotopic (exact) mass is 462 g/mol. The van der Waals surface area contributed by atoms with Crippen LogP contribution in [0.15, 0.2) is 73.1 Å². The molecule has 176 valence electrons. The van der Waals surface area contributed by atoms with Crippen molar-refractivity contribution in [2.45, 2.75) is 12.6 Å². The Labute approximate surface area is 196 Å². The molecular formula is C24H26N6O4. The summed E-state index contributed by atoms with van der Waals surface area (Å²) < 4.78 is 0. The second kappa shape index (κ2) is 12.2. The summed E-state index contributed by atoms with van der Waals surface area (Å²) in [4.78, 5) is 39.9. The first kappa shape index (κ1) is 24.5. The Morgan fingerprint density at radius 3 is 2.12 bits per heavy atom. The van der Waals surface area contributed by atoms with Gasteiger partial charge in [-0.1, -0.05) is 24.3 Å². The fourth-order valence-corrected chi connectivity index (χ4v) is 3.14. The van der Waals surface area contributed by atoms with Gasteiger partial charge in [0.25, 0.3) is 11.8 Å². The molecule has 10 heteroatoms. The molecule has 0 aliphatic carbocycles. The number of pyridine rings is 1. The molecular weight excluding hydrogens is 436 g/mol. The molecule has 10 nitrogen and oxygen atoms in total. The van der Waals surface area contributed by atoms with Crippen molar-refractivity contribution in [1.82, 2.24) is 21.1 Å². The van der Waals surface area contributed by atoms with Gasteiger partial charge in [0.1, 0.15) is 6.04 Å². The molecule has 3 amide bonds. The summed E-state index contributed by atoms with van der Waals surface area (Å²) in [7, 11) is 0. The van der Waals surface area contributed by atoms with Crippen LogP contribution in [0, 0.1) is 0 Å². The van der Waals surface area contributed by atoms with Crippen molar-refractivity contribution in [3.05, 3.63) is 84.2 Å². The molecule has 34 heavy (non-hydrogen) atoms. The number of amides is 3. The van der Waals surface area contributed by atoms with E-state index in [9.17, 15) is 14.4 Å². The van der Waals surface area contributed by atoms with E-state index in [1.165, 1.54) is 5.48 Å². The van der Waals surface area contributed by atoms with Crippen LogP contribution in [-0.4, -0.2) is 47.0 Å². The van der Waals surface area contributed by atoms with Crippen LogP contribution in [-0.2, 0) is 16.1 Å². The Morgan fingerprint density at radius 1 is 0.912 bits per heavy atom. The number of anilines is 1. The second-order valence-electron chi connectivity index (χ2n) is 7.40. The lowest BCUT2D eigenvalue weighted by atomic mass is 10.0. The number of hydrogen-bond acceptors (Lipinski definition) is 7. The Kier molecular flexibility index (Phi) is 8.81. The third-order valence-corrected chi connectivity index (χ3v) is 4.98. The van der Waals surface area contributed by atoms with E-state index in [4.69, 9.17) is 10.9 Å². The zero-order chi connectivity index (χ0) is 24.3. The van der Waals surface area contributed by atoms with Gasteiger partial charge in [-0.3, -0.25) is 24.6 Å². The first-order chi connectivity index (χ1) is 16.5. The maximum absolute atomic E-state index is 12.3. The number of rotatable bonds is 10. The molecule has 3 rings (SSSR count). The lowest BCUT2D eigenvalue weighted by Gasteiger charge is -2.14.